The molecule has 1 aromatic carbocycles. The van der Waals surface area contributed by atoms with Crippen molar-refractivity contribution >= 4 is 23.4 Å². The highest BCUT2D eigenvalue weighted by Crippen LogP contribution is 2.32. The van der Waals surface area contributed by atoms with Crippen LogP contribution in [0.3, 0.4) is 0 Å². The number of carbonyl (C=O) groups is 1. The van der Waals surface area contributed by atoms with Crippen LogP contribution in [0, 0.1) is 5.92 Å². The molecule has 0 aliphatic carbocycles. The second kappa shape index (κ2) is 6.98. The normalized spacial score (nSPS) is 15.7. The van der Waals surface area contributed by atoms with E-state index < -0.39 is 0 Å². The lowest BCUT2D eigenvalue weighted by Crippen LogP contribution is -2.34. The number of aryl methyl sites for hydroxylation is 1. The Morgan fingerprint density at radius 2 is 2.14 bits per heavy atom. The molecule has 1 aliphatic heterocycles. The predicted molar refractivity (Wildman–Crippen MR) is 88.0 cm³/mol. The van der Waals surface area contributed by atoms with Crippen molar-refractivity contribution in [3.05, 3.63) is 36.7 Å². The fourth-order valence-corrected chi connectivity index (χ4v) is 3.42. The highest BCUT2D eigenvalue weighted by atomic mass is 32.2. The van der Waals surface area contributed by atoms with Crippen molar-refractivity contribution in [3.63, 3.8) is 0 Å². The molecule has 6 heteroatoms. The molecule has 0 bridgehead atoms. The number of carbonyl (C=O) groups excluding carboxylic acids is 1. The molecular weight excluding hydrogens is 296 g/mol. The zero-order valence-corrected chi connectivity index (χ0v) is 13.4. The number of hydrogen-bond acceptors (Lipinski definition) is 4. The second-order valence-corrected chi connectivity index (χ2v) is 6.44. The van der Waals surface area contributed by atoms with E-state index in [-0.39, 0.29) is 11.8 Å². The third-order valence-corrected chi connectivity index (χ3v) is 4.98. The number of hydrogen-bond donors (Lipinski definition) is 2. The molecule has 1 fully saturated rings. The fraction of sp³-hybridized carbons (Fsp3) is 0.375. The van der Waals surface area contributed by atoms with Crippen LogP contribution in [0.2, 0.25) is 0 Å². The number of anilines is 1. The number of aromatic nitrogens is 2. The Morgan fingerprint density at radius 1 is 1.36 bits per heavy atom. The Hall–Kier alpha value is -1.79. The highest BCUT2D eigenvalue weighted by Gasteiger charge is 2.21. The van der Waals surface area contributed by atoms with Gasteiger partial charge in [-0.3, -0.25) is 4.79 Å². The van der Waals surface area contributed by atoms with Gasteiger partial charge in [-0.25, -0.2) is 4.98 Å². The summed E-state index contributed by atoms with van der Waals surface area (Å²) in [6, 6.07) is 7.88. The maximum absolute atomic E-state index is 12.4. The fourth-order valence-electron chi connectivity index (χ4n) is 2.53. The molecule has 0 saturated carbocycles. The molecule has 0 radical (unpaired) electrons. The molecule has 0 spiro atoms. The molecule has 0 atom stereocenters. The Bertz CT molecular complexity index is 649. The van der Waals surface area contributed by atoms with Crippen LogP contribution < -0.4 is 10.6 Å². The van der Waals surface area contributed by atoms with E-state index in [0.29, 0.717) is 0 Å². The molecule has 2 heterocycles. The van der Waals surface area contributed by atoms with Crippen molar-refractivity contribution in [1.29, 1.82) is 0 Å². The van der Waals surface area contributed by atoms with Crippen LogP contribution in [0.25, 0.3) is 0 Å². The van der Waals surface area contributed by atoms with E-state index in [1.165, 1.54) is 0 Å². The molecular formula is C16H20N4OS. The third-order valence-electron chi connectivity index (χ3n) is 3.83. The number of nitrogens with one attached hydrogen (secondary N) is 2. The molecule has 116 valence electrons. The summed E-state index contributed by atoms with van der Waals surface area (Å²) < 4.78 is 1.97. The molecule has 1 aliphatic rings. The van der Waals surface area contributed by atoms with E-state index >= 15 is 0 Å². The summed E-state index contributed by atoms with van der Waals surface area (Å²) in [6.07, 6.45) is 5.50. The number of nitrogens with zero attached hydrogens (tertiary/aromatic N) is 2. The van der Waals surface area contributed by atoms with Crippen LogP contribution >= 0.6 is 11.8 Å². The summed E-state index contributed by atoms with van der Waals surface area (Å²) in [5.41, 5.74) is 0.860. The van der Waals surface area contributed by atoms with Gasteiger partial charge in [-0.1, -0.05) is 12.1 Å². The molecule has 3 rings (SSSR count). The van der Waals surface area contributed by atoms with Crippen molar-refractivity contribution in [2.45, 2.75) is 22.9 Å². The van der Waals surface area contributed by atoms with Crippen LogP contribution in [0.4, 0.5) is 5.69 Å². The lowest BCUT2D eigenvalue weighted by Gasteiger charge is -2.22. The standard InChI is InChI=1S/C16H20N4OS/c1-20-11-10-18-16(20)22-14-5-3-2-4-13(14)19-15(21)12-6-8-17-9-7-12/h2-5,10-12,17H,6-9H2,1H3,(H,19,21). The van der Waals surface area contributed by atoms with E-state index in [1.807, 2.05) is 42.1 Å². The first-order valence-corrected chi connectivity index (χ1v) is 8.31. The van der Waals surface area contributed by atoms with E-state index in [1.54, 1.807) is 18.0 Å². The maximum Gasteiger partial charge on any atom is 0.227 e. The molecule has 22 heavy (non-hydrogen) atoms. The summed E-state index contributed by atoms with van der Waals surface area (Å²) in [7, 11) is 1.96. The molecule has 0 unspecified atom stereocenters. The van der Waals surface area contributed by atoms with Gasteiger partial charge in [0, 0.05) is 30.3 Å². The van der Waals surface area contributed by atoms with Crippen molar-refractivity contribution < 1.29 is 4.79 Å². The van der Waals surface area contributed by atoms with Crippen LogP contribution in [-0.2, 0) is 11.8 Å². The average molecular weight is 316 g/mol. The first-order chi connectivity index (χ1) is 10.7. The average Bonchev–Trinajstić information content (AvgIpc) is 2.95. The van der Waals surface area contributed by atoms with Gasteiger partial charge in [-0.15, -0.1) is 0 Å². The number of rotatable bonds is 4. The predicted octanol–water partition coefficient (Wildman–Crippen LogP) is 2.51. The van der Waals surface area contributed by atoms with Crippen molar-refractivity contribution in [1.82, 2.24) is 14.9 Å². The zero-order valence-electron chi connectivity index (χ0n) is 12.6. The Labute approximate surface area is 134 Å². The number of benzene rings is 1. The highest BCUT2D eigenvalue weighted by molar-refractivity contribution is 7.99. The van der Waals surface area contributed by atoms with E-state index in [4.69, 9.17) is 0 Å². The van der Waals surface area contributed by atoms with Crippen molar-refractivity contribution in [2.75, 3.05) is 18.4 Å². The number of piperidine rings is 1. The zero-order chi connectivity index (χ0) is 15.4. The van der Waals surface area contributed by atoms with Gasteiger partial charge in [0.1, 0.15) is 0 Å². The third kappa shape index (κ3) is 3.51. The van der Waals surface area contributed by atoms with Crippen molar-refractivity contribution in [3.8, 4) is 0 Å². The van der Waals surface area contributed by atoms with Crippen LogP contribution in [-0.4, -0.2) is 28.5 Å². The first-order valence-electron chi connectivity index (χ1n) is 7.50. The summed E-state index contributed by atoms with van der Waals surface area (Å²) >= 11 is 1.56. The SMILES string of the molecule is Cn1ccnc1Sc1ccccc1NC(=O)C1CCNCC1. The Kier molecular flexibility index (Phi) is 4.80. The number of amides is 1. The maximum atomic E-state index is 12.4. The summed E-state index contributed by atoms with van der Waals surface area (Å²) in [5, 5.41) is 7.28. The minimum atomic E-state index is 0.104. The topological polar surface area (TPSA) is 59.0 Å². The summed E-state index contributed by atoms with van der Waals surface area (Å²) in [6.45, 7) is 1.84. The summed E-state index contributed by atoms with van der Waals surface area (Å²) in [4.78, 5) is 17.8. The van der Waals surface area contributed by atoms with Crippen LogP contribution in [0.5, 0.6) is 0 Å². The lowest BCUT2D eigenvalue weighted by molar-refractivity contribution is -0.120. The molecule has 2 N–H and O–H groups in total. The van der Waals surface area contributed by atoms with Gasteiger partial charge in [0.05, 0.1) is 5.69 Å². The largest absolute Gasteiger partial charge is 0.329 e. The monoisotopic (exact) mass is 316 g/mol. The molecule has 1 aromatic heterocycles. The summed E-state index contributed by atoms with van der Waals surface area (Å²) in [5.74, 6) is 0.224. The number of para-hydroxylation sites is 1. The van der Waals surface area contributed by atoms with Crippen LogP contribution in [0.1, 0.15) is 12.8 Å². The van der Waals surface area contributed by atoms with Crippen molar-refractivity contribution in [2.24, 2.45) is 13.0 Å². The Balaban J connectivity index is 1.73. The van der Waals surface area contributed by atoms with Gasteiger partial charge < -0.3 is 15.2 Å². The van der Waals surface area contributed by atoms with Gasteiger partial charge in [-0.05, 0) is 49.8 Å². The molecule has 1 saturated heterocycles. The van der Waals surface area contributed by atoms with E-state index in [9.17, 15) is 4.79 Å². The van der Waals surface area contributed by atoms with Gasteiger partial charge in [-0.2, -0.15) is 0 Å². The van der Waals surface area contributed by atoms with Crippen LogP contribution in [0.15, 0.2) is 46.7 Å². The molecule has 2 aromatic rings. The minimum Gasteiger partial charge on any atom is -0.329 e. The molecule has 5 nitrogen and oxygen atoms in total. The van der Waals surface area contributed by atoms with Gasteiger partial charge >= 0.3 is 0 Å². The van der Waals surface area contributed by atoms with Gasteiger partial charge in [0.15, 0.2) is 5.16 Å². The Morgan fingerprint density at radius 3 is 2.86 bits per heavy atom. The van der Waals surface area contributed by atoms with E-state index in [2.05, 4.69) is 15.6 Å². The second-order valence-electron chi connectivity index (χ2n) is 5.43. The number of imidazole rings is 1. The van der Waals surface area contributed by atoms with Gasteiger partial charge in [0.25, 0.3) is 0 Å². The van der Waals surface area contributed by atoms with E-state index in [0.717, 1.165) is 41.7 Å². The lowest BCUT2D eigenvalue weighted by atomic mass is 9.97. The quantitative estimate of drug-likeness (QED) is 0.910. The smallest absolute Gasteiger partial charge is 0.227 e. The molecule has 1 amide bonds. The first kappa shape index (κ1) is 15.1. The minimum absolute atomic E-state index is 0.104. The van der Waals surface area contributed by atoms with Gasteiger partial charge in [0.2, 0.25) is 5.91 Å².